The van der Waals surface area contributed by atoms with Crippen LogP contribution >= 0.6 is 11.6 Å². The van der Waals surface area contributed by atoms with Gasteiger partial charge in [-0.25, -0.2) is 4.98 Å². The number of nitrogens with zero attached hydrogens (tertiary/aromatic N) is 3. The third-order valence-electron chi connectivity index (χ3n) is 6.25. The van der Waals surface area contributed by atoms with Gasteiger partial charge < -0.3 is 19.0 Å². The normalized spacial score (nSPS) is 17.5. The van der Waals surface area contributed by atoms with E-state index >= 15 is 0 Å². The highest BCUT2D eigenvalue weighted by Gasteiger charge is 2.34. The highest BCUT2D eigenvalue weighted by atomic mass is 35.5. The van der Waals surface area contributed by atoms with Crippen molar-refractivity contribution < 1.29 is 13.7 Å². The molecule has 7 rings (SSSR count). The van der Waals surface area contributed by atoms with Crippen molar-refractivity contribution >= 4 is 33.8 Å². The summed E-state index contributed by atoms with van der Waals surface area (Å²) in [5.74, 6) is 1.58. The van der Waals surface area contributed by atoms with E-state index in [4.69, 9.17) is 25.3 Å². The van der Waals surface area contributed by atoms with Gasteiger partial charge in [-0.05, 0) is 30.3 Å². The summed E-state index contributed by atoms with van der Waals surface area (Å²) in [6.45, 7) is 1.66. The summed E-state index contributed by atoms with van der Waals surface area (Å²) in [5.41, 5.74) is 6.88. The number of hydrogen-bond acceptors (Lipinski definition) is 7. The zero-order valence-electron chi connectivity index (χ0n) is 16.9. The van der Waals surface area contributed by atoms with Gasteiger partial charge >= 0.3 is 0 Å². The van der Waals surface area contributed by atoms with Gasteiger partial charge in [-0.1, -0.05) is 16.8 Å². The summed E-state index contributed by atoms with van der Waals surface area (Å²) in [6, 6.07) is 9.63. The van der Waals surface area contributed by atoms with Crippen LogP contribution in [0.4, 0.5) is 0 Å². The number of furan rings is 1. The van der Waals surface area contributed by atoms with Gasteiger partial charge in [0.05, 0.1) is 11.1 Å². The minimum absolute atomic E-state index is 0.243. The molecule has 0 bridgehead atoms. The van der Waals surface area contributed by atoms with Gasteiger partial charge in [-0.3, -0.25) is 4.98 Å². The van der Waals surface area contributed by atoms with Gasteiger partial charge in [0.25, 0.3) is 0 Å². The molecule has 0 amide bonds. The summed E-state index contributed by atoms with van der Waals surface area (Å²) in [7, 11) is 0. The topological polar surface area (TPSA) is 86.2 Å². The second-order valence-corrected chi connectivity index (χ2v) is 8.58. The monoisotopic (exact) mass is 444 g/mol. The van der Waals surface area contributed by atoms with Crippen LogP contribution in [0.15, 0.2) is 51.7 Å². The number of pyridine rings is 2. The third-order valence-corrected chi connectivity index (χ3v) is 6.47. The molecule has 5 aromatic rings. The van der Waals surface area contributed by atoms with Gasteiger partial charge in [0.2, 0.25) is 5.71 Å². The van der Waals surface area contributed by atoms with Crippen molar-refractivity contribution in [2.75, 3.05) is 6.54 Å². The minimum atomic E-state index is -0.243. The zero-order chi connectivity index (χ0) is 21.2. The summed E-state index contributed by atoms with van der Waals surface area (Å²) in [6.07, 6.45) is 4.78. The standard InChI is InChI=1S/C24H17ClN4O3/c25-13-8-12-9-19(22-17-11-26-6-4-18(17)29-32-22)30-21(12)16(10-13)14-3-7-27-20-15-2-1-5-28-24(15)31-23(14)20/h1-3,5,7-8,10,19,26H,4,6,9,11H2/t19-/m1/s1. The Morgan fingerprint density at radius 1 is 1.09 bits per heavy atom. The van der Waals surface area contributed by atoms with E-state index in [9.17, 15) is 0 Å². The second-order valence-electron chi connectivity index (χ2n) is 8.15. The number of benzene rings is 1. The molecule has 32 heavy (non-hydrogen) atoms. The largest absolute Gasteiger partial charge is 0.481 e. The molecule has 1 aromatic carbocycles. The van der Waals surface area contributed by atoms with Crippen LogP contribution in [0, 0.1) is 0 Å². The van der Waals surface area contributed by atoms with E-state index < -0.39 is 0 Å². The molecular formula is C24H17ClN4O3. The fourth-order valence-corrected chi connectivity index (χ4v) is 5.03. The molecule has 0 fully saturated rings. The first-order valence-electron chi connectivity index (χ1n) is 10.6. The van der Waals surface area contributed by atoms with Gasteiger partial charge in [0.15, 0.2) is 17.4 Å². The first-order valence-corrected chi connectivity index (χ1v) is 10.9. The Bertz CT molecular complexity index is 1520. The van der Waals surface area contributed by atoms with Gasteiger partial charge in [0.1, 0.15) is 11.3 Å². The van der Waals surface area contributed by atoms with Crippen LogP contribution in [0.3, 0.4) is 0 Å². The summed E-state index contributed by atoms with van der Waals surface area (Å²) in [5, 5.41) is 9.19. The number of aromatic nitrogens is 3. The Hall–Kier alpha value is -3.42. The van der Waals surface area contributed by atoms with E-state index in [0.29, 0.717) is 22.7 Å². The van der Waals surface area contributed by atoms with Gasteiger partial charge in [-0.15, -0.1) is 0 Å². The zero-order valence-corrected chi connectivity index (χ0v) is 17.6. The number of nitrogens with one attached hydrogen (secondary N) is 1. The molecule has 6 heterocycles. The lowest BCUT2D eigenvalue weighted by atomic mass is 9.99. The van der Waals surface area contributed by atoms with Crippen LogP contribution in [0.1, 0.15) is 28.7 Å². The number of ether oxygens (including phenoxy) is 1. The van der Waals surface area contributed by atoms with E-state index in [1.54, 1.807) is 12.4 Å². The smallest absolute Gasteiger partial charge is 0.228 e. The molecule has 0 radical (unpaired) electrons. The van der Waals surface area contributed by atoms with Crippen molar-refractivity contribution in [2.24, 2.45) is 0 Å². The predicted octanol–water partition coefficient (Wildman–Crippen LogP) is 5.01. The molecule has 2 aliphatic rings. The minimum Gasteiger partial charge on any atom is -0.481 e. The maximum absolute atomic E-state index is 6.54. The van der Waals surface area contributed by atoms with E-state index in [0.717, 1.165) is 69.9 Å². The Labute approximate surface area is 187 Å². The lowest BCUT2D eigenvalue weighted by Gasteiger charge is -2.15. The lowest BCUT2D eigenvalue weighted by molar-refractivity contribution is 0.189. The highest BCUT2D eigenvalue weighted by molar-refractivity contribution is 6.31. The SMILES string of the molecule is Clc1cc2c(c(-c3ccnc4c3oc3ncccc34)c1)O[C@@H](c1onc3c1CNCC3)C2. The Morgan fingerprint density at radius 2 is 2.06 bits per heavy atom. The van der Waals surface area contributed by atoms with E-state index in [1.807, 2.05) is 30.3 Å². The quantitative estimate of drug-likeness (QED) is 0.409. The first-order chi connectivity index (χ1) is 15.8. The number of rotatable bonds is 2. The van der Waals surface area contributed by atoms with Crippen LogP contribution in [-0.4, -0.2) is 21.7 Å². The van der Waals surface area contributed by atoms with Crippen molar-refractivity contribution in [3.63, 3.8) is 0 Å². The third kappa shape index (κ3) is 2.61. The molecule has 0 aliphatic carbocycles. The van der Waals surface area contributed by atoms with E-state index in [2.05, 4.69) is 20.4 Å². The van der Waals surface area contributed by atoms with Crippen molar-refractivity contribution in [1.82, 2.24) is 20.4 Å². The maximum atomic E-state index is 6.54. The van der Waals surface area contributed by atoms with Gasteiger partial charge in [-0.2, -0.15) is 0 Å². The Balaban J connectivity index is 1.38. The van der Waals surface area contributed by atoms with Crippen molar-refractivity contribution in [3.8, 4) is 16.9 Å². The average molecular weight is 445 g/mol. The molecule has 1 atom stereocenters. The van der Waals surface area contributed by atoms with Crippen LogP contribution in [0.25, 0.3) is 33.3 Å². The van der Waals surface area contributed by atoms with Crippen LogP contribution in [0.2, 0.25) is 5.02 Å². The van der Waals surface area contributed by atoms with Crippen LogP contribution < -0.4 is 10.1 Å². The molecular weight excluding hydrogens is 428 g/mol. The van der Waals surface area contributed by atoms with Gasteiger partial charge in [0, 0.05) is 65.6 Å². The van der Waals surface area contributed by atoms with E-state index in [1.165, 1.54) is 0 Å². The van der Waals surface area contributed by atoms with Crippen molar-refractivity contribution in [3.05, 3.63) is 70.3 Å². The predicted molar refractivity (Wildman–Crippen MR) is 119 cm³/mol. The van der Waals surface area contributed by atoms with Crippen LogP contribution in [-0.2, 0) is 19.4 Å². The molecule has 0 unspecified atom stereocenters. The summed E-state index contributed by atoms with van der Waals surface area (Å²) >= 11 is 6.54. The molecule has 2 aliphatic heterocycles. The number of hydrogen-bond donors (Lipinski definition) is 1. The van der Waals surface area contributed by atoms with Crippen molar-refractivity contribution in [2.45, 2.75) is 25.5 Å². The first kappa shape index (κ1) is 18.2. The molecule has 158 valence electrons. The van der Waals surface area contributed by atoms with E-state index in [-0.39, 0.29) is 6.10 Å². The number of fused-ring (bicyclic) bond motifs is 5. The summed E-state index contributed by atoms with van der Waals surface area (Å²) < 4.78 is 18.3. The molecule has 8 heteroatoms. The fourth-order valence-electron chi connectivity index (χ4n) is 4.79. The number of halogens is 1. The molecule has 1 N–H and O–H groups in total. The molecule has 0 saturated heterocycles. The molecule has 0 spiro atoms. The summed E-state index contributed by atoms with van der Waals surface area (Å²) in [4.78, 5) is 8.88. The van der Waals surface area contributed by atoms with Crippen LogP contribution in [0.5, 0.6) is 5.75 Å². The lowest BCUT2D eigenvalue weighted by Crippen LogP contribution is -2.24. The Morgan fingerprint density at radius 3 is 3.03 bits per heavy atom. The van der Waals surface area contributed by atoms with Crippen molar-refractivity contribution in [1.29, 1.82) is 0 Å². The fraction of sp³-hybridized carbons (Fsp3) is 0.208. The molecule has 0 saturated carbocycles. The highest BCUT2D eigenvalue weighted by Crippen LogP contribution is 2.47. The average Bonchev–Trinajstić information content (AvgIpc) is 3.52. The molecule has 7 nitrogen and oxygen atoms in total. The Kier molecular flexibility index (Phi) is 3.86. The maximum Gasteiger partial charge on any atom is 0.228 e. The molecule has 4 aromatic heterocycles. The second kappa shape index (κ2) is 6.79.